The molecular weight excluding hydrogens is 360 g/mol. The van der Waals surface area contributed by atoms with Gasteiger partial charge in [0.25, 0.3) is 5.91 Å². The van der Waals surface area contributed by atoms with E-state index in [4.69, 9.17) is 9.26 Å². The largest absolute Gasteiger partial charge is 0.497 e. The Balaban J connectivity index is 1.66. The SMILES string of the molecule is COc1ccc(C(=O)N(CCN2CCCCC2)CC(=O)Nc2ccon2)cc1. The maximum Gasteiger partial charge on any atom is 0.254 e. The first-order valence-corrected chi connectivity index (χ1v) is 9.51. The van der Waals surface area contributed by atoms with E-state index in [1.807, 2.05) is 0 Å². The van der Waals surface area contributed by atoms with E-state index in [2.05, 4.69) is 15.4 Å². The number of nitrogens with one attached hydrogen (secondary N) is 1. The number of rotatable bonds is 8. The van der Waals surface area contributed by atoms with Crippen molar-refractivity contribution in [3.05, 3.63) is 42.2 Å². The summed E-state index contributed by atoms with van der Waals surface area (Å²) in [5.41, 5.74) is 0.522. The Morgan fingerprint density at radius 2 is 1.93 bits per heavy atom. The zero-order chi connectivity index (χ0) is 19.8. The summed E-state index contributed by atoms with van der Waals surface area (Å²) in [4.78, 5) is 29.3. The topological polar surface area (TPSA) is 87.9 Å². The molecule has 2 amide bonds. The number of carbonyl (C=O) groups is 2. The number of aromatic nitrogens is 1. The molecule has 0 saturated carbocycles. The molecule has 2 heterocycles. The van der Waals surface area contributed by atoms with Crippen LogP contribution in [0.25, 0.3) is 0 Å². The fraction of sp³-hybridized carbons (Fsp3) is 0.450. The molecule has 8 nitrogen and oxygen atoms in total. The second-order valence-corrected chi connectivity index (χ2v) is 6.79. The number of anilines is 1. The van der Waals surface area contributed by atoms with Gasteiger partial charge in [0.15, 0.2) is 5.82 Å². The van der Waals surface area contributed by atoms with Crippen LogP contribution in [0.2, 0.25) is 0 Å². The minimum Gasteiger partial charge on any atom is -0.497 e. The number of likely N-dealkylation sites (tertiary alicyclic amines) is 1. The highest BCUT2D eigenvalue weighted by Crippen LogP contribution is 2.14. The maximum absolute atomic E-state index is 13.0. The van der Waals surface area contributed by atoms with E-state index >= 15 is 0 Å². The Labute approximate surface area is 164 Å². The van der Waals surface area contributed by atoms with Gasteiger partial charge in [0, 0.05) is 24.7 Å². The fourth-order valence-corrected chi connectivity index (χ4v) is 3.25. The predicted octanol–water partition coefficient (Wildman–Crippen LogP) is 2.25. The van der Waals surface area contributed by atoms with Crippen LogP contribution in [-0.4, -0.2) is 66.6 Å². The summed E-state index contributed by atoms with van der Waals surface area (Å²) in [7, 11) is 1.58. The molecule has 0 unspecified atom stereocenters. The average molecular weight is 386 g/mol. The molecule has 150 valence electrons. The lowest BCUT2D eigenvalue weighted by molar-refractivity contribution is -0.117. The monoisotopic (exact) mass is 386 g/mol. The highest BCUT2D eigenvalue weighted by atomic mass is 16.5. The second kappa shape index (κ2) is 9.89. The fourth-order valence-electron chi connectivity index (χ4n) is 3.25. The third kappa shape index (κ3) is 5.56. The smallest absolute Gasteiger partial charge is 0.254 e. The van der Waals surface area contributed by atoms with Crippen molar-refractivity contribution in [1.29, 1.82) is 0 Å². The van der Waals surface area contributed by atoms with Crippen molar-refractivity contribution in [2.45, 2.75) is 19.3 Å². The first-order valence-electron chi connectivity index (χ1n) is 9.51. The van der Waals surface area contributed by atoms with E-state index in [0.29, 0.717) is 23.7 Å². The van der Waals surface area contributed by atoms with Crippen LogP contribution >= 0.6 is 0 Å². The molecule has 0 radical (unpaired) electrons. The highest BCUT2D eigenvalue weighted by Gasteiger charge is 2.21. The van der Waals surface area contributed by atoms with Crippen molar-refractivity contribution in [2.75, 3.05) is 45.2 Å². The van der Waals surface area contributed by atoms with Crippen molar-refractivity contribution in [1.82, 2.24) is 15.0 Å². The molecule has 0 aliphatic carbocycles. The normalized spacial score (nSPS) is 14.5. The number of nitrogens with zero attached hydrogens (tertiary/aromatic N) is 3. The van der Waals surface area contributed by atoms with Crippen molar-refractivity contribution in [2.24, 2.45) is 0 Å². The van der Waals surface area contributed by atoms with Crippen LogP contribution in [0.15, 0.2) is 41.1 Å². The van der Waals surface area contributed by atoms with Gasteiger partial charge in [-0.1, -0.05) is 11.6 Å². The third-order valence-electron chi connectivity index (χ3n) is 4.80. The van der Waals surface area contributed by atoms with Crippen molar-refractivity contribution in [3.63, 3.8) is 0 Å². The zero-order valence-electron chi connectivity index (χ0n) is 16.1. The van der Waals surface area contributed by atoms with Crippen molar-refractivity contribution < 1.29 is 18.8 Å². The van der Waals surface area contributed by atoms with Gasteiger partial charge >= 0.3 is 0 Å². The summed E-state index contributed by atoms with van der Waals surface area (Å²) in [5.74, 6) is 0.516. The lowest BCUT2D eigenvalue weighted by Crippen LogP contribution is -2.43. The summed E-state index contributed by atoms with van der Waals surface area (Å²) >= 11 is 0. The standard InChI is InChI=1S/C20H26N4O4/c1-27-17-7-5-16(6-8-17)20(26)24(13-12-23-10-3-2-4-11-23)15-19(25)21-18-9-14-28-22-18/h5-9,14H,2-4,10-13,15H2,1H3,(H,21,22,25). The first kappa shape index (κ1) is 19.9. The molecule has 0 spiro atoms. The number of methoxy groups -OCH3 is 1. The van der Waals surface area contributed by atoms with Crippen LogP contribution < -0.4 is 10.1 Å². The Bertz CT molecular complexity index is 755. The molecule has 1 N–H and O–H groups in total. The summed E-state index contributed by atoms with van der Waals surface area (Å²) in [6.45, 7) is 3.26. The second-order valence-electron chi connectivity index (χ2n) is 6.79. The summed E-state index contributed by atoms with van der Waals surface area (Å²) in [6, 6.07) is 8.47. The van der Waals surface area contributed by atoms with Gasteiger partial charge in [-0.15, -0.1) is 0 Å². The van der Waals surface area contributed by atoms with Gasteiger partial charge in [-0.25, -0.2) is 0 Å². The number of hydrogen-bond donors (Lipinski definition) is 1. The number of ether oxygens (including phenoxy) is 1. The molecule has 1 saturated heterocycles. The Hall–Kier alpha value is -2.87. The maximum atomic E-state index is 13.0. The number of hydrogen-bond acceptors (Lipinski definition) is 6. The number of carbonyl (C=O) groups excluding carboxylic acids is 2. The summed E-state index contributed by atoms with van der Waals surface area (Å²) in [6.07, 6.45) is 5.00. The molecule has 1 aromatic heterocycles. The van der Waals surface area contributed by atoms with Crippen molar-refractivity contribution >= 4 is 17.6 Å². The number of benzene rings is 1. The molecule has 28 heavy (non-hydrogen) atoms. The summed E-state index contributed by atoms with van der Waals surface area (Å²) in [5, 5.41) is 6.32. The Kier molecular flexibility index (Phi) is 7.02. The molecular formula is C20H26N4O4. The third-order valence-corrected chi connectivity index (χ3v) is 4.80. The van der Waals surface area contributed by atoms with Gasteiger partial charge in [0.2, 0.25) is 5.91 Å². The Morgan fingerprint density at radius 3 is 2.57 bits per heavy atom. The molecule has 0 atom stereocenters. The van der Waals surface area contributed by atoms with Gasteiger partial charge in [-0.2, -0.15) is 0 Å². The zero-order valence-corrected chi connectivity index (χ0v) is 16.1. The Morgan fingerprint density at radius 1 is 1.18 bits per heavy atom. The van der Waals surface area contributed by atoms with Gasteiger partial charge < -0.3 is 24.4 Å². The van der Waals surface area contributed by atoms with Crippen LogP contribution in [0.1, 0.15) is 29.6 Å². The van der Waals surface area contributed by atoms with Gasteiger partial charge in [-0.3, -0.25) is 9.59 Å². The van der Waals surface area contributed by atoms with Crippen LogP contribution in [0.5, 0.6) is 5.75 Å². The molecule has 2 aromatic rings. The van der Waals surface area contributed by atoms with E-state index in [1.165, 1.54) is 25.5 Å². The average Bonchev–Trinajstić information content (AvgIpc) is 3.24. The van der Waals surface area contributed by atoms with Gasteiger partial charge in [0.05, 0.1) is 7.11 Å². The highest BCUT2D eigenvalue weighted by molar-refractivity contribution is 5.99. The van der Waals surface area contributed by atoms with Crippen LogP contribution in [-0.2, 0) is 4.79 Å². The molecule has 1 aliphatic heterocycles. The molecule has 0 bridgehead atoms. The van der Waals surface area contributed by atoms with E-state index in [1.54, 1.807) is 42.3 Å². The van der Waals surface area contributed by atoms with E-state index < -0.39 is 0 Å². The first-order chi connectivity index (χ1) is 13.7. The number of amides is 2. The molecule has 1 aromatic carbocycles. The van der Waals surface area contributed by atoms with Crippen LogP contribution in [0, 0.1) is 0 Å². The lowest BCUT2D eigenvalue weighted by Gasteiger charge is -2.30. The van der Waals surface area contributed by atoms with E-state index in [-0.39, 0.29) is 18.4 Å². The molecule has 1 aliphatic rings. The van der Waals surface area contributed by atoms with Crippen LogP contribution in [0.3, 0.4) is 0 Å². The van der Waals surface area contributed by atoms with Gasteiger partial charge in [0.1, 0.15) is 18.6 Å². The van der Waals surface area contributed by atoms with E-state index in [0.717, 1.165) is 19.6 Å². The lowest BCUT2D eigenvalue weighted by atomic mass is 10.1. The van der Waals surface area contributed by atoms with Gasteiger partial charge in [-0.05, 0) is 50.2 Å². The molecule has 3 rings (SSSR count). The summed E-state index contributed by atoms with van der Waals surface area (Å²) < 4.78 is 9.87. The molecule has 1 fully saturated rings. The minimum atomic E-state index is -0.311. The van der Waals surface area contributed by atoms with Crippen molar-refractivity contribution in [3.8, 4) is 5.75 Å². The van der Waals surface area contributed by atoms with E-state index in [9.17, 15) is 9.59 Å². The number of piperidine rings is 1. The predicted molar refractivity (Wildman–Crippen MR) is 104 cm³/mol. The minimum absolute atomic E-state index is 0.0500. The molecule has 8 heteroatoms. The quantitative estimate of drug-likeness (QED) is 0.749. The van der Waals surface area contributed by atoms with Crippen LogP contribution in [0.4, 0.5) is 5.82 Å².